The van der Waals surface area contributed by atoms with E-state index in [-0.39, 0.29) is 0 Å². The second-order valence-corrected chi connectivity index (χ2v) is 6.23. The summed E-state index contributed by atoms with van der Waals surface area (Å²) in [5, 5.41) is 11.6. The van der Waals surface area contributed by atoms with Crippen molar-refractivity contribution in [2.24, 2.45) is 12.2 Å². The van der Waals surface area contributed by atoms with Crippen LogP contribution in [0.1, 0.15) is 12.2 Å². The van der Waals surface area contributed by atoms with Crippen molar-refractivity contribution in [3.05, 3.63) is 18.2 Å². The zero-order chi connectivity index (χ0) is 13.8. The summed E-state index contributed by atoms with van der Waals surface area (Å²) in [5.74, 6) is 0.750. The van der Waals surface area contributed by atoms with E-state index in [0.717, 1.165) is 5.82 Å². The molecule has 1 aromatic heterocycles. The maximum atomic E-state index is 11.2. The molecule has 102 valence electrons. The zero-order valence-electron chi connectivity index (χ0n) is 10.8. The molecule has 1 heterocycles. The van der Waals surface area contributed by atoms with Crippen LogP contribution in [0.25, 0.3) is 0 Å². The van der Waals surface area contributed by atoms with Gasteiger partial charge in [-0.2, -0.15) is 0 Å². The second-order valence-electron chi connectivity index (χ2n) is 4.14. The fourth-order valence-electron chi connectivity index (χ4n) is 1.57. The molecule has 0 atom stereocenters. The highest BCUT2D eigenvalue weighted by atomic mass is 32.2. The highest BCUT2D eigenvalue weighted by Gasteiger charge is 2.14. The van der Waals surface area contributed by atoms with Crippen molar-refractivity contribution in [1.29, 1.82) is 0 Å². The Bertz CT molecular complexity index is 521. The van der Waals surface area contributed by atoms with Crippen molar-refractivity contribution in [1.82, 2.24) is 8.87 Å². The fourth-order valence-corrected chi connectivity index (χ4v) is 2.03. The molecular weight excluding hydrogens is 256 g/mol. The van der Waals surface area contributed by atoms with Gasteiger partial charge in [0.1, 0.15) is 12.4 Å². The molecule has 0 unspecified atom stereocenters. The fraction of sp³-hybridized carbons (Fsp3) is 0.600. The SMILES string of the molecule is CN(CCCn1cc[n+](C)c1/C=N/O)S(C)(=O)=O. The van der Waals surface area contributed by atoms with Gasteiger partial charge in [0.2, 0.25) is 10.0 Å². The van der Waals surface area contributed by atoms with Crippen LogP contribution in [0.3, 0.4) is 0 Å². The maximum Gasteiger partial charge on any atom is 0.303 e. The van der Waals surface area contributed by atoms with E-state index in [1.807, 2.05) is 28.6 Å². The van der Waals surface area contributed by atoms with Crippen LogP contribution < -0.4 is 4.57 Å². The van der Waals surface area contributed by atoms with Gasteiger partial charge in [-0.3, -0.25) is 0 Å². The molecule has 1 N–H and O–H groups in total. The van der Waals surface area contributed by atoms with Crippen LogP contribution in [0.5, 0.6) is 0 Å². The Labute approximate surface area is 107 Å². The first-order chi connectivity index (χ1) is 8.36. The molecule has 0 bridgehead atoms. The van der Waals surface area contributed by atoms with Gasteiger partial charge < -0.3 is 5.21 Å². The summed E-state index contributed by atoms with van der Waals surface area (Å²) in [5.41, 5.74) is 0. The first kappa shape index (κ1) is 14.7. The van der Waals surface area contributed by atoms with Gasteiger partial charge in [-0.1, -0.05) is 5.16 Å². The molecule has 0 spiro atoms. The van der Waals surface area contributed by atoms with Gasteiger partial charge in [0.15, 0.2) is 6.21 Å². The van der Waals surface area contributed by atoms with Gasteiger partial charge in [-0.15, -0.1) is 0 Å². The van der Waals surface area contributed by atoms with Crippen molar-refractivity contribution in [3.8, 4) is 0 Å². The third-order valence-electron chi connectivity index (χ3n) is 2.74. The van der Waals surface area contributed by atoms with Crippen molar-refractivity contribution in [2.45, 2.75) is 13.0 Å². The molecule has 7 nitrogen and oxygen atoms in total. The van der Waals surface area contributed by atoms with Gasteiger partial charge in [0.25, 0.3) is 0 Å². The molecular formula is C10H19N4O3S+. The van der Waals surface area contributed by atoms with Crippen molar-refractivity contribution >= 4 is 16.2 Å². The van der Waals surface area contributed by atoms with Crippen LogP contribution in [0, 0.1) is 0 Å². The van der Waals surface area contributed by atoms with E-state index in [9.17, 15) is 8.42 Å². The van der Waals surface area contributed by atoms with Crippen LogP contribution in [-0.4, -0.2) is 48.6 Å². The van der Waals surface area contributed by atoms with E-state index in [0.29, 0.717) is 19.5 Å². The van der Waals surface area contributed by atoms with Crippen molar-refractivity contribution in [3.63, 3.8) is 0 Å². The number of hydrogen-bond donors (Lipinski definition) is 1. The number of hydrogen-bond acceptors (Lipinski definition) is 4. The van der Waals surface area contributed by atoms with Crippen molar-refractivity contribution in [2.75, 3.05) is 19.8 Å². The summed E-state index contributed by atoms with van der Waals surface area (Å²) in [6, 6.07) is 0. The number of rotatable bonds is 6. The lowest BCUT2D eigenvalue weighted by Crippen LogP contribution is -2.32. The molecule has 0 aliphatic heterocycles. The minimum Gasteiger partial charge on any atom is -0.411 e. The number of sulfonamides is 1. The number of aryl methyl sites for hydroxylation is 2. The van der Waals surface area contributed by atoms with Crippen LogP contribution in [0.4, 0.5) is 0 Å². The summed E-state index contributed by atoms with van der Waals surface area (Å²) in [6.07, 6.45) is 6.92. The molecule has 0 fully saturated rings. The first-order valence-corrected chi connectivity index (χ1v) is 7.34. The largest absolute Gasteiger partial charge is 0.411 e. The highest BCUT2D eigenvalue weighted by molar-refractivity contribution is 7.88. The summed E-state index contributed by atoms with van der Waals surface area (Å²) in [4.78, 5) is 0. The molecule has 0 aromatic carbocycles. The summed E-state index contributed by atoms with van der Waals surface area (Å²) in [7, 11) is 0.280. The third-order valence-corrected chi connectivity index (χ3v) is 4.05. The number of nitrogens with zero attached hydrogens (tertiary/aromatic N) is 4. The van der Waals surface area contributed by atoms with E-state index in [1.165, 1.54) is 16.8 Å². The lowest BCUT2D eigenvalue weighted by Gasteiger charge is -2.12. The molecule has 0 aliphatic carbocycles. The maximum absolute atomic E-state index is 11.2. The molecule has 0 aliphatic rings. The smallest absolute Gasteiger partial charge is 0.303 e. The van der Waals surface area contributed by atoms with Crippen LogP contribution in [0.15, 0.2) is 17.5 Å². The van der Waals surface area contributed by atoms with E-state index in [4.69, 9.17) is 5.21 Å². The van der Waals surface area contributed by atoms with Crippen LogP contribution >= 0.6 is 0 Å². The average molecular weight is 275 g/mol. The molecule has 0 radical (unpaired) electrons. The molecule has 0 saturated carbocycles. The monoisotopic (exact) mass is 275 g/mol. The van der Waals surface area contributed by atoms with Gasteiger partial charge in [0.05, 0.1) is 19.8 Å². The quantitative estimate of drug-likeness (QED) is 0.326. The molecule has 8 heteroatoms. The summed E-state index contributed by atoms with van der Waals surface area (Å²) >= 11 is 0. The molecule has 1 rings (SSSR count). The Morgan fingerprint density at radius 2 is 2.28 bits per heavy atom. The Kier molecular flexibility index (Phi) is 4.85. The Morgan fingerprint density at radius 1 is 1.61 bits per heavy atom. The third kappa shape index (κ3) is 3.81. The zero-order valence-corrected chi connectivity index (χ0v) is 11.6. The van der Waals surface area contributed by atoms with Crippen LogP contribution in [0.2, 0.25) is 0 Å². The van der Waals surface area contributed by atoms with Crippen LogP contribution in [-0.2, 0) is 23.6 Å². The number of aromatic nitrogens is 2. The van der Waals surface area contributed by atoms with Gasteiger partial charge in [-0.05, 0) is 6.42 Å². The van der Waals surface area contributed by atoms with E-state index in [1.54, 1.807) is 7.05 Å². The van der Waals surface area contributed by atoms with Crippen molar-refractivity contribution < 1.29 is 18.2 Å². The lowest BCUT2D eigenvalue weighted by molar-refractivity contribution is -0.671. The Balaban J connectivity index is 2.60. The Hall–Kier alpha value is -1.41. The van der Waals surface area contributed by atoms with Gasteiger partial charge >= 0.3 is 5.82 Å². The van der Waals surface area contributed by atoms with Gasteiger partial charge in [-0.25, -0.2) is 21.9 Å². The predicted octanol–water partition coefficient (Wildman–Crippen LogP) is -0.598. The lowest BCUT2D eigenvalue weighted by atomic mass is 10.4. The normalized spacial score (nSPS) is 12.7. The van der Waals surface area contributed by atoms with E-state index >= 15 is 0 Å². The minimum atomic E-state index is -3.12. The van der Waals surface area contributed by atoms with E-state index < -0.39 is 10.0 Å². The average Bonchev–Trinajstić information content (AvgIpc) is 2.60. The second kappa shape index (κ2) is 5.96. The topological polar surface area (TPSA) is 78.8 Å². The first-order valence-electron chi connectivity index (χ1n) is 5.49. The van der Waals surface area contributed by atoms with Gasteiger partial charge in [0, 0.05) is 13.6 Å². The molecule has 1 aromatic rings. The molecule has 18 heavy (non-hydrogen) atoms. The number of oxime groups is 1. The minimum absolute atomic E-state index is 0.455. The van der Waals surface area contributed by atoms with E-state index in [2.05, 4.69) is 5.16 Å². The summed E-state index contributed by atoms with van der Waals surface area (Å²) in [6.45, 7) is 1.11. The highest BCUT2D eigenvalue weighted by Crippen LogP contribution is 1.99. The number of imidazole rings is 1. The Morgan fingerprint density at radius 3 is 2.83 bits per heavy atom. The standard InChI is InChI=1S/C10H18N4O3S/c1-12-7-8-14(10(12)9-11-15)6-4-5-13(2)18(3,16)17/h7-9H,4-6H2,1-3H3/p+1. The summed E-state index contributed by atoms with van der Waals surface area (Å²) < 4.78 is 27.4. The molecule has 0 amide bonds. The molecule has 0 saturated heterocycles. The predicted molar refractivity (Wildman–Crippen MR) is 67.1 cm³/mol.